The summed E-state index contributed by atoms with van der Waals surface area (Å²) in [6.45, 7) is 1.81. The lowest BCUT2D eigenvalue weighted by atomic mass is 10.1. The maximum absolute atomic E-state index is 10.7. The van der Waals surface area contributed by atoms with Crippen LogP contribution in [0.15, 0.2) is 12.7 Å². The minimum absolute atomic E-state index is 0.379. The molecular formula is C15H31O5PS. The van der Waals surface area contributed by atoms with Crippen LogP contribution in [-0.4, -0.2) is 21.5 Å². The number of thiol groups is 1. The highest BCUT2D eigenvalue weighted by Gasteiger charge is 2.13. The zero-order valence-electron chi connectivity index (χ0n) is 13.6. The van der Waals surface area contributed by atoms with Gasteiger partial charge in [-0.3, -0.25) is 4.89 Å². The summed E-state index contributed by atoms with van der Waals surface area (Å²) in [6.07, 6.45) is 13.3. The predicted octanol–water partition coefficient (Wildman–Crippen LogP) is 4.05. The Kier molecular flexibility index (Phi) is 14.4. The first kappa shape index (κ1) is 21.9. The zero-order valence-corrected chi connectivity index (χ0v) is 15.4. The Balaban J connectivity index is 3.52. The summed E-state index contributed by atoms with van der Waals surface area (Å²) in [7, 11) is 0.379. The molecule has 0 saturated carbocycles. The van der Waals surface area contributed by atoms with Gasteiger partial charge in [-0.25, -0.2) is 4.79 Å². The van der Waals surface area contributed by atoms with Crippen LogP contribution in [0.3, 0.4) is 0 Å². The molecule has 0 rings (SSSR count). The Labute approximate surface area is 137 Å². The van der Waals surface area contributed by atoms with Gasteiger partial charge < -0.3 is 9.79 Å². The van der Waals surface area contributed by atoms with Gasteiger partial charge in [0.2, 0.25) is 0 Å². The van der Waals surface area contributed by atoms with E-state index in [4.69, 9.17) is 0 Å². The quantitative estimate of drug-likeness (QED) is 0.110. The Morgan fingerprint density at radius 2 is 1.55 bits per heavy atom. The van der Waals surface area contributed by atoms with Crippen molar-refractivity contribution in [3.63, 3.8) is 0 Å². The molecule has 0 bridgehead atoms. The van der Waals surface area contributed by atoms with Crippen LogP contribution in [-0.2, 0) is 25.3 Å². The van der Waals surface area contributed by atoms with Crippen LogP contribution in [0.2, 0.25) is 0 Å². The molecule has 0 aromatic carbocycles. The summed E-state index contributed by atoms with van der Waals surface area (Å²) in [4.78, 5) is 34.0. The van der Waals surface area contributed by atoms with Crippen LogP contribution < -0.4 is 0 Å². The van der Waals surface area contributed by atoms with Crippen molar-refractivity contribution in [2.45, 2.75) is 71.1 Å². The van der Waals surface area contributed by atoms with Gasteiger partial charge in [0.05, 0.1) is 0 Å². The van der Waals surface area contributed by atoms with Gasteiger partial charge in [0.1, 0.15) is 0 Å². The van der Waals surface area contributed by atoms with E-state index in [1.54, 1.807) is 0 Å². The van der Waals surface area contributed by atoms with E-state index in [9.17, 15) is 14.6 Å². The van der Waals surface area contributed by atoms with Crippen LogP contribution in [0.25, 0.3) is 0 Å². The van der Waals surface area contributed by atoms with Gasteiger partial charge in [0, 0.05) is 6.08 Å². The highest BCUT2D eigenvalue weighted by atomic mass is 32.5. The van der Waals surface area contributed by atoms with E-state index >= 15 is 0 Å². The lowest BCUT2D eigenvalue weighted by molar-refractivity contribution is -0.211. The second-order valence-corrected chi connectivity index (χ2v) is 9.56. The molecule has 0 aliphatic rings. The van der Waals surface area contributed by atoms with Crippen molar-refractivity contribution in [2.75, 3.05) is 5.75 Å². The number of unbranched alkanes of at least 4 members (excludes halogenated alkanes) is 9. The van der Waals surface area contributed by atoms with E-state index in [2.05, 4.69) is 23.1 Å². The normalized spacial score (nSPS) is 11.4. The molecule has 0 amide bonds. The molecular weight excluding hydrogens is 323 g/mol. The van der Waals surface area contributed by atoms with Crippen molar-refractivity contribution in [1.82, 2.24) is 0 Å². The number of carbonyl (C=O) groups excluding carboxylic acids is 1. The molecule has 0 spiro atoms. The number of hydrogen-bond acceptors (Lipinski definition) is 3. The Morgan fingerprint density at radius 1 is 1.05 bits per heavy atom. The maximum Gasteiger partial charge on any atom is 0.365 e. The predicted molar refractivity (Wildman–Crippen MR) is 94.2 cm³/mol. The molecule has 0 unspecified atom stereocenters. The number of rotatable bonds is 14. The summed E-state index contributed by atoms with van der Waals surface area (Å²) >= 11 is 0. The van der Waals surface area contributed by atoms with E-state index in [-0.39, 0.29) is 0 Å². The van der Waals surface area contributed by atoms with E-state index in [1.807, 2.05) is 0 Å². The smallest absolute Gasteiger partial charge is 0.326 e. The maximum atomic E-state index is 10.7. The van der Waals surface area contributed by atoms with Crippen molar-refractivity contribution < 1.29 is 24.1 Å². The van der Waals surface area contributed by atoms with Gasteiger partial charge in [-0.15, -0.1) is 15.6 Å². The third kappa shape index (κ3) is 14.8. The van der Waals surface area contributed by atoms with Crippen LogP contribution in [0, 0.1) is 0 Å². The SMILES string of the molecule is C=CC(=O)OOP(O)(O)=[SH]CCCCCCCCCCCC. The lowest BCUT2D eigenvalue weighted by Crippen LogP contribution is -2.01. The molecule has 0 heterocycles. The van der Waals surface area contributed by atoms with E-state index < -0.39 is 12.7 Å². The average molecular weight is 354 g/mol. The third-order valence-electron chi connectivity index (χ3n) is 3.18. The largest absolute Gasteiger partial charge is 0.365 e. The van der Waals surface area contributed by atoms with Crippen molar-refractivity contribution in [3.05, 3.63) is 12.7 Å². The second-order valence-electron chi connectivity index (χ2n) is 5.24. The Bertz CT molecular complexity index is 354. The zero-order chi connectivity index (χ0) is 16.7. The van der Waals surface area contributed by atoms with Crippen LogP contribution in [0.5, 0.6) is 0 Å². The Hall–Kier alpha value is -0.130. The van der Waals surface area contributed by atoms with E-state index in [0.29, 0.717) is 16.7 Å². The first-order valence-electron chi connectivity index (χ1n) is 8.08. The monoisotopic (exact) mass is 354 g/mol. The van der Waals surface area contributed by atoms with Gasteiger partial charge in [0.15, 0.2) is 0 Å². The van der Waals surface area contributed by atoms with Crippen LogP contribution in [0.1, 0.15) is 71.1 Å². The summed E-state index contributed by atoms with van der Waals surface area (Å²) in [5, 5.41) is 0. The van der Waals surface area contributed by atoms with Gasteiger partial charge in [-0.1, -0.05) is 71.3 Å². The number of carbonyl (C=O) groups is 1. The van der Waals surface area contributed by atoms with Crippen molar-refractivity contribution in [1.29, 1.82) is 0 Å². The molecule has 132 valence electrons. The van der Waals surface area contributed by atoms with Crippen LogP contribution in [0.4, 0.5) is 0 Å². The van der Waals surface area contributed by atoms with E-state index in [1.165, 1.54) is 51.4 Å². The van der Waals surface area contributed by atoms with Gasteiger partial charge in [0.25, 0.3) is 0 Å². The molecule has 0 aliphatic carbocycles. The van der Waals surface area contributed by atoms with Crippen molar-refractivity contribution in [2.24, 2.45) is 0 Å². The molecule has 0 atom stereocenters. The highest BCUT2D eigenvalue weighted by molar-refractivity contribution is 8.16. The first-order chi connectivity index (χ1) is 10.5. The molecule has 0 radical (unpaired) electrons. The fourth-order valence-electron chi connectivity index (χ4n) is 1.94. The molecule has 0 aliphatic heterocycles. The highest BCUT2D eigenvalue weighted by Crippen LogP contribution is 2.39. The third-order valence-corrected chi connectivity index (χ3v) is 6.25. The fourth-order valence-corrected chi connectivity index (χ4v) is 4.24. The average Bonchev–Trinajstić information content (AvgIpc) is 2.50. The molecule has 2 N–H and O–H groups in total. The summed E-state index contributed by atoms with van der Waals surface area (Å²) in [5.41, 5.74) is 0. The lowest BCUT2D eigenvalue weighted by Gasteiger charge is -2.09. The summed E-state index contributed by atoms with van der Waals surface area (Å²) in [5.74, 6) is -0.204. The molecule has 0 fully saturated rings. The standard InChI is InChI=1S/C15H31O5PS/c1-3-5-6-7-8-9-10-11-12-13-14-22-21(17,18)20-19-15(16)4-2/h4,17-18,22H,2-3,5-14H2,1H3. The first-order valence-corrected chi connectivity index (χ1v) is 11.5. The topological polar surface area (TPSA) is 76.0 Å². The number of hydrogen-bond donors (Lipinski definition) is 3. The minimum atomic E-state index is -3.61. The van der Waals surface area contributed by atoms with Gasteiger partial charge >= 0.3 is 12.7 Å². The second kappa shape index (κ2) is 14.5. The molecule has 0 aromatic heterocycles. The van der Waals surface area contributed by atoms with E-state index in [0.717, 1.165) is 18.9 Å². The molecule has 0 saturated heterocycles. The van der Waals surface area contributed by atoms with Crippen molar-refractivity contribution >= 4 is 23.6 Å². The fraction of sp³-hybridized carbons (Fsp3) is 0.800. The van der Waals surface area contributed by atoms with Gasteiger partial charge in [-0.05, 0) is 12.2 Å². The molecule has 22 heavy (non-hydrogen) atoms. The molecule has 7 heteroatoms. The molecule has 0 aromatic rings. The minimum Gasteiger partial charge on any atom is -0.326 e. The van der Waals surface area contributed by atoms with Crippen molar-refractivity contribution in [3.8, 4) is 0 Å². The Morgan fingerprint density at radius 3 is 2.05 bits per heavy atom. The van der Waals surface area contributed by atoms with Gasteiger partial charge in [-0.2, -0.15) is 0 Å². The molecule has 5 nitrogen and oxygen atoms in total. The summed E-state index contributed by atoms with van der Waals surface area (Å²) in [6, 6.07) is 0. The van der Waals surface area contributed by atoms with Crippen LogP contribution >= 0.6 is 6.72 Å². The summed E-state index contributed by atoms with van der Waals surface area (Å²) < 4.78 is 4.36.